The molecule has 146 valence electrons. The second-order valence-corrected chi connectivity index (χ2v) is 6.92. The molecule has 4 rings (SSSR count). The van der Waals surface area contributed by atoms with Gasteiger partial charge in [-0.25, -0.2) is 0 Å². The van der Waals surface area contributed by atoms with Crippen molar-refractivity contribution >= 4 is 11.7 Å². The van der Waals surface area contributed by atoms with E-state index in [2.05, 4.69) is 30.7 Å². The summed E-state index contributed by atoms with van der Waals surface area (Å²) in [6, 6.07) is 7.77. The molecule has 28 heavy (non-hydrogen) atoms. The van der Waals surface area contributed by atoms with Gasteiger partial charge >= 0.3 is 0 Å². The lowest BCUT2D eigenvalue weighted by molar-refractivity contribution is 0.102. The number of nitrogens with one attached hydrogen (secondary N) is 1. The van der Waals surface area contributed by atoms with Gasteiger partial charge in [-0.1, -0.05) is 22.5 Å². The summed E-state index contributed by atoms with van der Waals surface area (Å²) in [6.45, 7) is 6.26. The Morgan fingerprint density at radius 1 is 1.32 bits per heavy atom. The zero-order valence-corrected chi connectivity index (χ0v) is 16.0. The maximum Gasteiger partial charge on any atom is 0.256 e. The summed E-state index contributed by atoms with van der Waals surface area (Å²) >= 11 is 0. The molecule has 1 atom stereocenters. The second-order valence-electron chi connectivity index (χ2n) is 6.92. The van der Waals surface area contributed by atoms with Crippen LogP contribution in [-0.2, 0) is 13.1 Å². The van der Waals surface area contributed by atoms with Crippen LogP contribution < -0.4 is 5.32 Å². The van der Waals surface area contributed by atoms with Crippen molar-refractivity contribution in [2.24, 2.45) is 0 Å². The zero-order valence-electron chi connectivity index (χ0n) is 16.0. The molecule has 1 aromatic carbocycles. The van der Waals surface area contributed by atoms with E-state index in [0.29, 0.717) is 29.6 Å². The molecule has 2 aromatic heterocycles. The fourth-order valence-electron chi connectivity index (χ4n) is 3.44. The summed E-state index contributed by atoms with van der Waals surface area (Å²) in [6.07, 6.45) is 3.82. The first-order valence-corrected chi connectivity index (χ1v) is 9.47. The number of amides is 1. The van der Waals surface area contributed by atoms with Gasteiger partial charge in [-0.2, -0.15) is 4.98 Å². The third kappa shape index (κ3) is 3.94. The van der Waals surface area contributed by atoms with Crippen molar-refractivity contribution in [3.05, 3.63) is 53.3 Å². The highest BCUT2D eigenvalue weighted by Gasteiger charge is 2.30. The van der Waals surface area contributed by atoms with Crippen molar-refractivity contribution in [2.75, 3.05) is 11.9 Å². The SMILES string of the molecule is CCn1cc(NC(=O)c2ccc(CN3CCC[C@H]3c3nc(C)no3)cc2)nn1. The molecule has 0 radical (unpaired) electrons. The number of rotatable bonds is 6. The van der Waals surface area contributed by atoms with Gasteiger partial charge in [0.2, 0.25) is 5.89 Å². The predicted molar refractivity (Wildman–Crippen MR) is 102 cm³/mol. The largest absolute Gasteiger partial charge is 0.338 e. The Morgan fingerprint density at radius 3 is 2.82 bits per heavy atom. The minimum atomic E-state index is -0.199. The monoisotopic (exact) mass is 381 g/mol. The number of nitrogens with zero attached hydrogens (tertiary/aromatic N) is 6. The third-order valence-electron chi connectivity index (χ3n) is 4.90. The van der Waals surface area contributed by atoms with Crippen molar-refractivity contribution in [3.63, 3.8) is 0 Å². The highest BCUT2D eigenvalue weighted by atomic mass is 16.5. The minimum Gasteiger partial charge on any atom is -0.338 e. The van der Waals surface area contributed by atoms with Crippen molar-refractivity contribution in [3.8, 4) is 0 Å². The zero-order chi connectivity index (χ0) is 19.5. The van der Waals surface area contributed by atoms with Crippen LogP contribution in [0.25, 0.3) is 0 Å². The maximum atomic E-state index is 12.4. The molecule has 0 spiro atoms. The van der Waals surface area contributed by atoms with Crippen molar-refractivity contribution in [1.82, 2.24) is 30.0 Å². The highest BCUT2D eigenvalue weighted by Crippen LogP contribution is 2.32. The Balaban J connectivity index is 1.39. The highest BCUT2D eigenvalue weighted by molar-refractivity contribution is 6.03. The first-order chi connectivity index (χ1) is 13.6. The van der Waals surface area contributed by atoms with E-state index < -0.39 is 0 Å². The molecule has 0 unspecified atom stereocenters. The molecule has 3 heterocycles. The van der Waals surface area contributed by atoms with Crippen LogP contribution in [-0.4, -0.2) is 42.5 Å². The van der Waals surface area contributed by atoms with E-state index in [1.807, 2.05) is 38.1 Å². The van der Waals surface area contributed by atoms with Crippen molar-refractivity contribution in [2.45, 2.75) is 45.8 Å². The predicted octanol–water partition coefficient (Wildman–Crippen LogP) is 2.58. The molecule has 1 amide bonds. The molecule has 1 saturated heterocycles. The average molecular weight is 381 g/mol. The molecule has 9 heteroatoms. The van der Waals surface area contributed by atoms with Crippen LogP contribution in [0.3, 0.4) is 0 Å². The van der Waals surface area contributed by atoms with Crippen molar-refractivity contribution < 1.29 is 9.32 Å². The first kappa shape index (κ1) is 18.3. The van der Waals surface area contributed by atoms with E-state index in [9.17, 15) is 4.79 Å². The molecule has 1 fully saturated rings. The quantitative estimate of drug-likeness (QED) is 0.700. The molecule has 9 nitrogen and oxygen atoms in total. The number of benzene rings is 1. The van der Waals surface area contributed by atoms with Crippen molar-refractivity contribution in [1.29, 1.82) is 0 Å². The molecule has 1 aliphatic rings. The van der Waals surface area contributed by atoms with E-state index >= 15 is 0 Å². The normalized spacial score (nSPS) is 17.1. The average Bonchev–Trinajstić information content (AvgIpc) is 3.43. The Hall–Kier alpha value is -3.07. The summed E-state index contributed by atoms with van der Waals surface area (Å²) < 4.78 is 7.03. The Kier molecular flexibility index (Phi) is 5.16. The molecular weight excluding hydrogens is 358 g/mol. The van der Waals surface area contributed by atoms with E-state index in [1.54, 1.807) is 10.9 Å². The van der Waals surface area contributed by atoms with Crippen LogP contribution in [0.15, 0.2) is 35.0 Å². The minimum absolute atomic E-state index is 0.158. The van der Waals surface area contributed by atoms with Gasteiger partial charge in [0.25, 0.3) is 5.91 Å². The molecule has 0 bridgehead atoms. The fourth-order valence-corrected chi connectivity index (χ4v) is 3.44. The second kappa shape index (κ2) is 7.89. The maximum absolute atomic E-state index is 12.4. The number of hydrogen-bond donors (Lipinski definition) is 1. The van der Waals surface area contributed by atoms with E-state index in [-0.39, 0.29) is 11.9 Å². The number of likely N-dealkylation sites (tertiary alicyclic amines) is 1. The summed E-state index contributed by atoms with van der Waals surface area (Å²) in [5, 5.41) is 14.5. The lowest BCUT2D eigenvalue weighted by Gasteiger charge is -2.21. The smallest absolute Gasteiger partial charge is 0.256 e. The number of aryl methyl sites for hydroxylation is 2. The molecule has 0 aliphatic carbocycles. The Labute approximate surface area is 162 Å². The van der Waals surface area contributed by atoms with Crippen LogP contribution >= 0.6 is 0 Å². The van der Waals surface area contributed by atoms with Gasteiger partial charge in [-0.15, -0.1) is 5.10 Å². The summed E-state index contributed by atoms with van der Waals surface area (Å²) in [5.41, 5.74) is 1.72. The third-order valence-corrected chi connectivity index (χ3v) is 4.90. The van der Waals surface area contributed by atoms with Crippen LogP contribution in [0.5, 0.6) is 0 Å². The molecule has 3 aromatic rings. The van der Waals surface area contributed by atoms with Gasteiger partial charge in [-0.05, 0) is 50.9 Å². The lowest BCUT2D eigenvalue weighted by Crippen LogP contribution is -2.23. The topological polar surface area (TPSA) is 102 Å². The fraction of sp³-hybridized carbons (Fsp3) is 0.421. The van der Waals surface area contributed by atoms with Gasteiger partial charge in [0, 0.05) is 18.7 Å². The summed E-state index contributed by atoms with van der Waals surface area (Å²) in [4.78, 5) is 19.1. The summed E-state index contributed by atoms with van der Waals surface area (Å²) in [5.74, 6) is 1.60. The number of carbonyl (C=O) groups is 1. The summed E-state index contributed by atoms with van der Waals surface area (Å²) in [7, 11) is 0. The Bertz CT molecular complexity index is 947. The van der Waals surface area contributed by atoms with Gasteiger partial charge in [-0.3, -0.25) is 14.4 Å². The lowest BCUT2D eigenvalue weighted by atomic mass is 10.1. The first-order valence-electron chi connectivity index (χ1n) is 9.47. The Morgan fingerprint density at radius 2 is 2.14 bits per heavy atom. The van der Waals surface area contributed by atoms with Gasteiger partial charge in [0.15, 0.2) is 11.6 Å². The van der Waals surface area contributed by atoms with Gasteiger partial charge in [0.1, 0.15) is 0 Å². The number of aromatic nitrogens is 5. The van der Waals surface area contributed by atoms with E-state index in [1.165, 1.54) is 0 Å². The van der Waals surface area contributed by atoms with E-state index in [0.717, 1.165) is 31.5 Å². The molecule has 1 aliphatic heterocycles. The molecule has 0 saturated carbocycles. The van der Waals surface area contributed by atoms with Gasteiger partial charge < -0.3 is 9.84 Å². The molecular formula is C19H23N7O2. The van der Waals surface area contributed by atoms with Crippen LogP contribution in [0.2, 0.25) is 0 Å². The number of hydrogen-bond acceptors (Lipinski definition) is 7. The molecule has 1 N–H and O–H groups in total. The van der Waals surface area contributed by atoms with Crippen LogP contribution in [0.4, 0.5) is 5.82 Å². The number of anilines is 1. The van der Waals surface area contributed by atoms with E-state index in [4.69, 9.17) is 4.52 Å². The number of carbonyl (C=O) groups excluding carboxylic acids is 1. The van der Waals surface area contributed by atoms with Gasteiger partial charge in [0.05, 0.1) is 12.2 Å². The standard InChI is InChI=1S/C19H23N7O2/c1-3-26-12-17(22-24-26)21-18(27)15-8-6-14(7-9-15)11-25-10-4-5-16(25)19-20-13(2)23-28-19/h6-9,12,16H,3-5,10-11H2,1-2H3,(H,21,27)/t16-/m0/s1. The van der Waals surface area contributed by atoms with Crippen LogP contribution in [0, 0.1) is 6.92 Å². The van der Waals surface area contributed by atoms with Crippen LogP contribution in [0.1, 0.15) is 53.4 Å².